The van der Waals surface area contributed by atoms with Crippen molar-refractivity contribution in [3.63, 3.8) is 0 Å². The average Bonchev–Trinajstić information content (AvgIpc) is 2.19. The SMILES string of the molecule is Nc1cc(Br)ncc1-c1ccccn1. The molecule has 0 aliphatic heterocycles. The maximum atomic E-state index is 5.84. The third-order valence-corrected chi connectivity index (χ3v) is 2.28. The topological polar surface area (TPSA) is 51.8 Å². The van der Waals surface area contributed by atoms with Crippen molar-refractivity contribution in [1.82, 2.24) is 9.97 Å². The number of anilines is 1. The van der Waals surface area contributed by atoms with E-state index >= 15 is 0 Å². The molecule has 0 aromatic carbocycles. The highest BCUT2D eigenvalue weighted by Crippen LogP contribution is 2.24. The van der Waals surface area contributed by atoms with Gasteiger partial charge in [0.25, 0.3) is 0 Å². The van der Waals surface area contributed by atoms with Gasteiger partial charge in [0.15, 0.2) is 0 Å². The lowest BCUT2D eigenvalue weighted by Gasteiger charge is -2.03. The highest BCUT2D eigenvalue weighted by molar-refractivity contribution is 9.10. The van der Waals surface area contributed by atoms with Crippen LogP contribution < -0.4 is 5.73 Å². The van der Waals surface area contributed by atoms with Crippen LogP contribution in [0.15, 0.2) is 41.3 Å². The zero-order chi connectivity index (χ0) is 9.97. The van der Waals surface area contributed by atoms with E-state index in [-0.39, 0.29) is 0 Å². The Kier molecular flexibility index (Phi) is 2.45. The predicted molar refractivity (Wildman–Crippen MR) is 59.6 cm³/mol. The van der Waals surface area contributed by atoms with Crippen LogP contribution in [0.1, 0.15) is 0 Å². The number of rotatable bonds is 1. The minimum absolute atomic E-state index is 0.672. The molecule has 0 aliphatic rings. The Morgan fingerprint density at radius 3 is 2.71 bits per heavy atom. The summed E-state index contributed by atoms with van der Waals surface area (Å²) >= 11 is 3.26. The van der Waals surface area contributed by atoms with Crippen molar-refractivity contribution >= 4 is 21.6 Å². The number of nitrogens with two attached hydrogens (primary N) is 1. The maximum absolute atomic E-state index is 5.84. The summed E-state index contributed by atoms with van der Waals surface area (Å²) in [5, 5.41) is 0. The smallest absolute Gasteiger partial charge is 0.108 e. The van der Waals surface area contributed by atoms with Crippen molar-refractivity contribution in [3.8, 4) is 11.3 Å². The molecule has 0 radical (unpaired) electrons. The molecule has 0 spiro atoms. The van der Waals surface area contributed by atoms with E-state index in [9.17, 15) is 0 Å². The number of nitrogens with zero attached hydrogens (tertiary/aromatic N) is 2. The zero-order valence-corrected chi connectivity index (χ0v) is 8.90. The van der Waals surface area contributed by atoms with Gasteiger partial charge in [0, 0.05) is 23.6 Å². The molecule has 2 aromatic rings. The van der Waals surface area contributed by atoms with Gasteiger partial charge in [0.1, 0.15) is 4.60 Å². The van der Waals surface area contributed by atoms with Crippen molar-refractivity contribution in [3.05, 3.63) is 41.3 Å². The van der Waals surface area contributed by atoms with Crippen LogP contribution in [-0.4, -0.2) is 9.97 Å². The Labute approximate surface area is 90.1 Å². The highest BCUT2D eigenvalue weighted by Gasteiger charge is 2.03. The van der Waals surface area contributed by atoms with Gasteiger partial charge < -0.3 is 5.73 Å². The predicted octanol–water partition coefficient (Wildman–Crippen LogP) is 2.49. The quantitative estimate of drug-likeness (QED) is 0.791. The number of aromatic nitrogens is 2. The molecule has 0 bridgehead atoms. The maximum Gasteiger partial charge on any atom is 0.108 e. The molecule has 2 rings (SSSR count). The van der Waals surface area contributed by atoms with Crippen molar-refractivity contribution < 1.29 is 0 Å². The van der Waals surface area contributed by atoms with Gasteiger partial charge in [-0.25, -0.2) is 4.98 Å². The third kappa shape index (κ3) is 1.75. The second-order valence-electron chi connectivity index (χ2n) is 2.81. The van der Waals surface area contributed by atoms with E-state index < -0.39 is 0 Å². The lowest BCUT2D eigenvalue weighted by atomic mass is 10.1. The highest BCUT2D eigenvalue weighted by atomic mass is 79.9. The summed E-state index contributed by atoms with van der Waals surface area (Å²) in [6.07, 6.45) is 3.44. The zero-order valence-electron chi connectivity index (χ0n) is 7.31. The van der Waals surface area contributed by atoms with E-state index in [1.54, 1.807) is 18.5 Å². The fraction of sp³-hybridized carbons (Fsp3) is 0. The molecule has 0 saturated heterocycles. The van der Waals surface area contributed by atoms with Gasteiger partial charge in [-0.2, -0.15) is 0 Å². The van der Waals surface area contributed by atoms with Crippen LogP contribution in [0.2, 0.25) is 0 Å². The van der Waals surface area contributed by atoms with Crippen molar-refractivity contribution in [2.45, 2.75) is 0 Å². The van der Waals surface area contributed by atoms with Crippen LogP contribution in [0.5, 0.6) is 0 Å². The first-order valence-corrected chi connectivity index (χ1v) is 4.89. The summed E-state index contributed by atoms with van der Waals surface area (Å²) in [5.41, 5.74) is 8.21. The van der Waals surface area contributed by atoms with E-state index in [0.29, 0.717) is 5.69 Å². The monoisotopic (exact) mass is 249 g/mol. The average molecular weight is 250 g/mol. The molecule has 0 fully saturated rings. The molecule has 14 heavy (non-hydrogen) atoms. The van der Waals surface area contributed by atoms with Gasteiger partial charge in [-0.1, -0.05) is 6.07 Å². The van der Waals surface area contributed by atoms with Crippen LogP contribution in [0.4, 0.5) is 5.69 Å². The van der Waals surface area contributed by atoms with Crippen LogP contribution >= 0.6 is 15.9 Å². The summed E-state index contributed by atoms with van der Waals surface area (Å²) < 4.78 is 0.731. The molecule has 0 aliphatic carbocycles. The van der Waals surface area contributed by atoms with E-state index in [0.717, 1.165) is 15.9 Å². The van der Waals surface area contributed by atoms with Gasteiger partial charge in [0.05, 0.1) is 5.69 Å². The number of halogens is 1. The van der Waals surface area contributed by atoms with Gasteiger partial charge in [-0.05, 0) is 34.1 Å². The molecule has 2 heterocycles. The summed E-state index contributed by atoms with van der Waals surface area (Å²) in [5.74, 6) is 0. The first kappa shape index (κ1) is 9.15. The second-order valence-corrected chi connectivity index (χ2v) is 3.62. The molecule has 2 N–H and O–H groups in total. The minimum atomic E-state index is 0.672. The normalized spacial score (nSPS) is 10.1. The van der Waals surface area contributed by atoms with E-state index in [4.69, 9.17) is 5.73 Å². The lowest BCUT2D eigenvalue weighted by molar-refractivity contribution is 1.25. The van der Waals surface area contributed by atoms with E-state index in [2.05, 4.69) is 25.9 Å². The number of pyridine rings is 2. The van der Waals surface area contributed by atoms with Crippen molar-refractivity contribution in [2.75, 3.05) is 5.73 Å². The van der Waals surface area contributed by atoms with Crippen molar-refractivity contribution in [2.24, 2.45) is 0 Å². The Morgan fingerprint density at radius 2 is 2.07 bits per heavy atom. The molecule has 0 amide bonds. The number of hydrogen-bond acceptors (Lipinski definition) is 3. The Balaban J connectivity index is 2.53. The largest absolute Gasteiger partial charge is 0.398 e. The molecule has 0 unspecified atom stereocenters. The molecule has 0 saturated carbocycles. The number of nitrogen functional groups attached to an aromatic ring is 1. The van der Waals surface area contributed by atoms with Crippen LogP contribution in [0, 0.1) is 0 Å². The van der Waals surface area contributed by atoms with Crippen molar-refractivity contribution in [1.29, 1.82) is 0 Å². The molecule has 3 nitrogen and oxygen atoms in total. The summed E-state index contributed by atoms with van der Waals surface area (Å²) in [6.45, 7) is 0. The Morgan fingerprint density at radius 1 is 1.21 bits per heavy atom. The van der Waals surface area contributed by atoms with E-state index in [1.807, 2.05) is 18.2 Å². The fourth-order valence-corrected chi connectivity index (χ4v) is 1.53. The summed E-state index contributed by atoms with van der Waals surface area (Å²) in [7, 11) is 0. The van der Waals surface area contributed by atoms with Gasteiger partial charge in [-0.15, -0.1) is 0 Å². The standard InChI is InChI=1S/C10H8BrN3/c11-10-5-8(12)7(6-14-10)9-3-1-2-4-13-9/h1-6H,(H2,12,14). The van der Waals surface area contributed by atoms with Crippen LogP contribution in [0.25, 0.3) is 11.3 Å². The Hall–Kier alpha value is -1.42. The lowest BCUT2D eigenvalue weighted by Crippen LogP contribution is -1.93. The summed E-state index contributed by atoms with van der Waals surface area (Å²) in [4.78, 5) is 8.32. The fourth-order valence-electron chi connectivity index (χ4n) is 1.18. The number of hydrogen-bond donors (Lipinski definition) is 1. The van der Waals surface area contributed by atoms with Crippen LogP contribution in [-0.2, 0) is 0 Å². The van der Waals surface area contributed by atoms with E-state index in [1.165, 1.54) is 0 Å². The molecule has 0 atom stereocenters. The first-order valence-electron chi connectivity index (χ1n) is 4.10. The van der Waals surface area contributed by atoms with Gasteiger partial charge >= 0.3 is 0 Å². The molecule has 2 aromatic heterocycles. The molecular weight excluding hydrogens is 242 g/mol. The van der Waals surface area contributed by atoms with Crippen LogP contribution in [0.3, 0.4) is 0 Å². The molecule has 70 valence electrons. The second kappa shape index (κ2) is 3.75. The third-order valence-electron chi connectivity index (χ3n) is 1.84. The van der Waals surface area contributed by atoms with Gasteiger partial charge in [0.2, 0.25) is 0 Å². The summed E-state index contributed by atoms with van der Waals surface area (Å²) in [6, 6.07) is 7.46. The van der Waals surface area contributed by atoms with Gasteiger partial charge in [-0.3, -0.25) is 4.98 Å². The molecular formula is C10H8BrN3. The molecule has 4 heteroatoms. The minimum Gasteiger partial charge on any atom is -0.398 e. The Bertz CT molecular complexity index is 442. The first-order chi connectivity index (χ1) is 6.77.